The number of hydrazine groups is 1. The van der Waals surface area contributed by atoms with Gasteiger partial charge in [0.15, 0.2) is 0 Å². The zero-order valence-corrected chi connectivity index (χ0v) is 9.48. The molecule has 0 spiro atoms. The van der Waals surface area contributed by atoms with Crippen LogP contribution in [0.1, 0.15) is 11.7 Å². The van der Waals surface area contributed by atoms with Gasteiger partial charge >= 0.3 is 0 Å². The molecular formula is C12H12N2OS. The molecule has 0 bridgehead atoms. The second kappa shape index (κ2) is 4.25. The number of rotatable bonds is 2. The maximum atomic E-state index is 5.56. The van der Waals surface area contributed by atoms with Crippen LogP contribution in [0.4, 0.5) is 5.69 Å². The van der Waals surface area contributed by atoms with E-state index in [9.17, 15) is 0 Å². The third-order valence-electron chi connectivity index (χ3n) is 2.64. The van der Waals surface area contributed by atoms with Crippen molar-refractivity contribution in [3.05, 3.63) is 52.7 Å². The van der Waals surface area contributed by atoms with Crippen molar-refractivity contribution in [3.63, 3.8) is 0 Å². The Morgan fingerprint density at radius 1 is 1.25 bits per heavy atom. The topological polar surface area (TPSA) is 24.5 Å². The molecule has 3 rings (SSSR count). The minimum atomic E-state index is 0.0982. The number of thiophene rings is 1. The van der Waals surface area contributed by atoms with Gasteiger partial charge in [-0.2, -0.15) is 11.3 Å². The van der Waals surface area contributed by atoms with Crippen LogP contribution >= 0.6 is 11.3 Å². The summed E-state index contributed by atoms with van der Waals surface area (Å²) in [7, 11) is 0. The summed E-state index contributed by atoms with van der Waals surface area (Å²) in [6.45, 7) is 0.834. The highest BCUT2D eigenvalue weighted by Crippen LogP contribution is 2.26. The lowest BCUT2D eigenvalue weighted by molar-refractivity contribution is 0.0336. The van der Waals surface area contributed by atoms with E-state index in [-0.39, 0.29) is 6.10 Å². The molecule has 1 fully saturated rings. The van der Waals surface area contributed by atoms with Gasteiger partial charge in [-0.25, -0.2) is 0 Å². The predicted molar refractivity (Wildman–Crippen MR) is 65.1 cm³/mol. The molecule has 16 heavy (non-hydrogen) atoms. The van der Waals surface area contributed by atoms with Crippen molar-refractivity contribution in [3.8, 4) is 0 Å². The van der Waals surface area contributed by atoms with Crippen LogP contribution in [0.15, 0.2) is 47.2 Å². The predicted octanol–water partition coefficient (Wildman–Crippen LogP) is 2.75. The lowest BCUT2D eigenvalue weighted by atomic mass is 10.1. The summed E-state index contributed by atoms with van der Waals surface area (Å²) >= 11 is 1.69. The Balaban J connectivity index is 1.74. The number of hydrogen-bond acceptors (Lipinski definition) is 4. The number of hydrogen-bond donors (Lipinski definition) is 1. The van der Waals surface area contributed by atoms with Crippen LogP contribution in [0.3, 0.4) is 0 Å². The first kappa shape index (κ1) is 9.84. The maximum Gasteiger partial charge on any atom is 0.125 e. The molecule has 1 unspecified atom stereocenters. The molecular weight excluding hydrogens is 220 g/mol. The number of nitrogens with zero attached hydrogens (tertiary/aromatic N) is 1. The van der Waals surface area contributed by atoms with Gasteiger partial charge in [-0.15, -0.1) is 5.59 Å². The quantitative estimate of drug-likeness (QED) is 0.861. The highest BCUT2D eigenvalue weighted by Gasteiger charge is 2.24. The van der Waals surface area contributed by atoms with Gasteiger partial charge in [-0.1, -0.05) is 30.3 Å². The fourth-order valence-electron chi connectivity index (χ4n) is 1.78. The van der Waals surface area contributed by atoms with Crippen molar-refractivity contribution in [2.24, 2.45) is 0 Å². The van der Waals surface area contributed by atoms with Crippen LogP contribution in [0.5, 0.6) is 0 Å². The molecule has 3 nitrogen and oxygen atoms in total. The summed E-state index contributed by atoms with van der Waals surface area (Å²) in [5, 5.41) is 6.19. The fraction of sp³-hybridized carbons (Fsp3) is 0.167. The smallest absolute Gasteiger partial charge is 0.125 e. The van der Waals surface area contributed by atoms with E-state index in [1.807, 2.05) is 23.2 Å². The van der Waals surface area contributed by atoms with E-state index in [4.69, 9.17) is 4.84 Å². The van der Waals surface area contributed by atoms with E-state index in [1.54, 1.807) is 11.3 Å². The lowest BCUT2D eigenvalue weighted by Gasteiger charge is -2.12. The van der Waals surface area contributed by atoms with Crippen molar-refractivity contribution in [2.75, 3.05) is 11.6 Å². The summed E-state index contributed by atoms with van der Waals surface area (Å²) in [6.07, 6.45) is 0.0982. The molecule has 0 aliphatic carbocycles. The molecule has 82 valence electrons. The molecule has 1 saturated heterocycles. The molecule has 1 N–H and O–H groups in total. The summed E-state index contributed by atoms with van der Waals surface area (Å²) in [5.41, 5.74) is 5.31. The molecule has 1 aliphatic heterocycles. The van der Waals surface area contributed by atoms with E-state index in [1.165, 1.54) is 5.56 Å². The third-order valence-corrected chi connectivity index (χ3v) is 3.31. The second-order valence-electron chi connectivity index (χ2n) is 3.70. The van der Waals surface area contributed by atoms with Gasteiger partial charge in [-0.05, 0) is 17.0 Å². The zero-order chi connectivity index (χ0) is 10.8. The minimum Gasteiger partial charge on any atom is -0.282 e. The van der Waals surface area contributed by atoms with Crippen molar-refractivity contribution < 1.29 is 4.84 Å². The van der Waals surface area contributed by atoms with Gasteiger partial charge in [-0.3, -0.25) is 9.85 Å². The van der Waals surface area contributed by atoms with E-state index in [0.29, 0.717) is 0 Å². The van der Waals surface area contributed by atoms with Crippen molar-refractivity contribution >= 4 is 17.0 Å². The fourth-order valence-corrected chi connectivity index (χ4v) is 2.42. The summed E-state index contributed by atoms with van der Waals surface area (Å²) < 4.78 is 0. The molecule has 1 aromatic carbocycles. The van der Waals surface area contributed by atoms with E-state index in [0.717, 1.165) is 12.2 Å². The summed E-state index contributed by atoms with van der Waals surface area (Å²) in [5.74, 6) is 0. The van der Waals surface area contributed by atoms with Gasteiger partial charge in [0.25, 0.3) is 0 Å². The van der Waals surface area contributed by atoms with Gasteiger partial charge in [0, 0.05) is 5.38 Å². The first-order valence-corrected chi connectivity index (χ1v) is 6.14. The average Bonchev–Trinajstić information content (AvgIpc) is 3.01. The van der Waals surface area contributed by atoms with Crippen LogP contribution in [0, 0.1) is 0 Å². The Labute approximate surface area is 98.2 Å². The zero-order valence-electron chi connectivity index (χ0n) is 8.67. The third kappa shape index (κ3) is 1.82. The highest BCUT2D eigenvalue weighted by molar-refractivity contribution is 7.08. The SMILES string of the molecule is c1ccc(C2CN(c3ccsc3)NO2)cc1. The molecule has 0 radical (unpaired) electrons. The van der Waals surface area contributed by atoms with Gasteiger partial charge in [0.05, 0.1) is 12.2 Å². The van der Waals surface area contributed by atoms with Gasteiger partial charge in [0.1, 0.15) is 6.10 Å². The molecule has 1 aromatic heterocycles. The second-order valence-corrected chi connectivity index (χ2v) is 4.48. The normalized spacial score (nSPS) is 20.2. The van der Waals surface area contributed by atoms with Crippen LogP contribution < -0.4 is 10.6 Å². The molecule has 1 atom stereocenters. The molecule has 1 aliphatic rings. The summed E-state index contributed by atoms with van der Waals surface area (Å²) in [6, 6.07) is 12.3. The largest absolute Gasteiger partial charge is 0.282 e. The molecule has 0 amide bonds. The Hall–Kier alpha value is -1.36. The van der Waals surface area contributed by atoms with Gasteiger partial charge < -0.3 is 0 Å². The maximum absolute atomic E-state index is 5.56. The Bertz CT molecular complexity index is 443. The van der Waals surface area contributed by atoms with Crippen LogP contribution in [0.2, 0.25) is 0 Å². The van der Waals surface area contributed by atoms with Crippen LogP contribution in [-0.4, -0.2) is 6.54 Å². The van der Waals surface area contributed by atoms with Crippen molar-refractivity contribution in [2.45, 2.75) is 6.10 Å². The number of benzene rings is 1. The van der Waals surface area contributed by atoms with Crippen LogP contribution in [-0.2, 0) is 4.84 Å². The van der Waals surface area contributed by atoms with E-state index in [2.05, 4.69) is 34.5 Å². The molecule has 4 heteroatoms. The molecule has 2 aromatic rings. The van der Waals surface area contributed by atoms with E-state index < -0.39 is 0 Å². The molecule has 2 heterocycles. The van der Waals surface area contributed by atoms with E-state index >= 15 is 0 Å². The van der Waals surface area contributed by atoms with Crippen molar-refractivity contribution in [1.29, 1.82) is 0 Å². The standard InChI is InChI=1S/C12H12N2OS/c1-2-4-10(5-3-1)12-8-14(13-15-12)11-6-7-16-9-11/h1-7,9,12-13H,8H2. The summed E-state index contributed by atoms with van der Waals surface area (Å²) in [4.78, 5) is 5.56. The number of nitrogens with one attached hydrogen (secondary N) is 1. The minimum absolute atomic E-state index is 0.0982. The Kier molecular flexibility index (Phi) is 2.61. The lowest BCUT2D eigenvalue weighted by Crippen LogP contribution is -2.29. The monoisotopic (exact) mass is 232 g/mol. The highest BCUT2D eigenvalue weighted by atomic mass is 32.1. The van der Waals surface area contributed by atoms with Crippen LogP contribution in [0.25, 0.3) is 0 Å². The average molecular weight is 232 g/mol. The Morgan fingerprint density at radius 2 is 2.12 bits per heavy atom. The Morgan fingerprint density at radius 3 is 2.88 bits per heavy atom. The van der Waals surface area contributed by atoms with Gasteiger partial charge in [0.2, 0.25) is 0 Å². The first-order chi connectivity index (χ1) is 7.93. The number of anilines is 1. The van der Waals surface area contributed by atoms with Crippen molar-refractivity contribution in [1.82, 2.24) is 5.59 Å². The molecule has 0 saturated carbocycles. The first-order valence-electron chi connectivity index (χ1n) is 5.19.